The van der Waals surface area contributed by atoms with E-state index in [0.29, 0.717) is 5.56 Å². The second-order valence-corrected chi connectivity index (χ2v) is 4.40. The zero-order valence-electron chi connectivity index (χ0n) is 9.47. The van der Waals surface area contributed by atoms with E-state index in [0.717, 1.165) is 11.1 Å². The van der Waals surface area contributed by atoms with Crippen molar-refractivity contribution in [3.63, 3.8) is 0 Å². The molecule has 0 bridgehead atoms. The Morgan fingerprint density at radius 2 is 2.12 bits per heavy atom. The minimum absolute atomic E-state index is 0.0388. The molecular weight excluding hydrogens is 231 g/mol. The third-order valence-electron chi connectivity index (χ3n) is 2.76. The Morgan fingerprint density at radius 3 is 2.62 bits per heavy atom. The van der Waals surface area contributed by atoms with Crippen LogP contribution in [-0.4, -0.2) is 11.1 Å². The van der Waals surface area contributed by atoms with Gasteiger partial charge in [0, 0.05) is 0 Å². The number of rotatable bonds is 3. The van der Waals surface area contributed by atoms with Crippen molar-refractivity contribution < 1.29 is 14.3 Å². The van der Waals surface area contributed by atoms with Crippen molar-refractivity contribution in [1.82, 2.24) is 0 Å². The fourth-order valence-corrected chi connectivity index (χ4v) is 2.20. The van der Waals surface area contributed by atoms with Crippen LogP contribution in [0.2, 0.25) is 5.02 Å². The molecule has 0 aliphatic carbocycles. The molecule has 1 aromatic rings. The summed E-state index contributed by atoms with van der Waals surface area (Å²) in [5, 5.41) is 8.77. The van der Waals surface area contributed by atoms with Gasteiger partial charge in [-0.1, -0.05) is 18.5 Å². The van der Waals surface area contributed by atoms with E-state index in [1.165, 1.54) is 6.07 Å². The van der Waals surface area contributed by atoms with Gasteiger partial charge >= 0.3 is 5.97 Å². The monoisotopic (exact) mass is 244 g/mol. The molecule has 0 heterocycles. The molecule has 0 spiro atoms. The quantitative estimate of drug-likeness (QED) is 0.881. The highest BCUT2D eigenvalue weighted by Crippen LogP contribution is 2.33. The molecule has 1 atom stereocenters. The lowest BCUT2D eigenvalue weighted by molar-refractivity contribution is -0.137. The Labute approximate surface area is 99.0 Å². The molecule has 2 nitrogen and oxygen atoms in total. The average Bonchev–Trinajstić information content (AvgIpc) is 2.14. The second kappa shape index (κ2) is 4.83. The van der Waals surface area contributed by atoms with E-state index >= 15 is 0 Å². The SMILES string of the molecule is Cc1cc(F)c(Cl)c(C(C)CC(=O)O)c1C. The van der Waals surface area contributed by atoms with Crippen LogP contribution in [-0.2, 0) is 4.79 Å². The first-order valence-corrected chi connectivity index (χ1v) is 5.39. The van der Waals surface area contributed by atoms with Crippen molar-refractivity contribution >= 4 is 17.6 Å². The van der Waals surface area contributed by atoms with Crippen molar-refractivity contribution in [3.05, 3.63) is 33.6 Å². The van der Waals surface area contributed by atoms with Crippen LogP contribution in [0.5, 0.6) is 0 Å². The van der Waals surface area contributed by atoms with Crippen LogP contribution in [0, 0.1) is 19.7 Å². The first-order chi connectivity index (χ1) is 7.34. The van der Waals surface area contributed by atoms with E-state index in [1.807, 2.05) is 6.92 Å². The van der Waals surface area contributed by atoms with Gasteiger partial charge in [-0.25, -0.2) is 4.39 Å². The average molecular weight is 245 g/mol. The van der Waals surface area contributed by atoms with Gasteiger partial charge in [0.25, 0.3) is 0 Å². The Hall–Kier alpha value is -1.09. The maximum atomic E-state index is 13.4. The van der Waals surface area contributed by atoms with Crippen LogP contribution in [0.3, 0.4) is 0 Å². The van der Waals surface area contributed by atoms with Crippen molar-refractivity contribution in [2.75, 3.05) is 0 Å². The Kier molecular flexibility index (Phi) is 3.92. The van der Waals surface area contributed by atoms with Gasteiger partial charge in [-0.2, -0.15) is 0 Å². The fourth-order valence-electron chi connectivity index (χ4n) is 1.82. The van der Waals surface area contributed by atoms with Crippen molar-refractivity contribution in [3.8, 4) is 0 Å². The Morgan fingerprint density at radius 1 is 1.56 bits per heavy atom. The van der Waals surface area contributed by atoms with Crippen molar-refractivity contribution in [1.29, 1.82) is 0 Å². The number of carboxylic acids is 1. The molecule has 1 rings (SSSR count). The van der Waals surface area contributed by atoms with Gasteiger partial charge in [0.2, 0.25) is 0 Å². The number of carbonyl (C=O) groups is 1. The van der Waals surface area contributed by atoms with Crippen LogP contribution in [0.1, 0.15) is 36.0 Å². The van der Waals surface area contributed by atoms with Crippen LogP contribution in [0.15, 0.2) is 6.07 Å². The minimum atomic E-state index is -0.912. The van der Waals surface area contributed by atoms with Crippen LogP contribution in [0.4, 0.5) is 4.39 Å². The molecule has 0 aromatic heterocycles. The summed E-state index contributed by atoms with van der Waals surface area (Å²) in [5.74, 6) is -1.69. The Balaban J connectivity index is 3.26. The summed E-state index contributed by atoms with van der Waals surface area (Å²) in [5.41, 5.74) is 2.25. The normalized spacial score (nSPS) is 12.6. The molecule has 0 aliphatic heterocycles. The highest BCUT2D eigenvalue weighted by atomic mass is 35.5. The van der Waals surface area contributed by atoms with Crippen LogP contribution >= 0.6 is 11.6 Å². The van der Waals surface area contributed by atoms with Gasteiger partial charge in [-0.15, -0.1) is 0 Å². The minimum Gasteiger partial charge on any atom is -0.481 e. The number of aliphatic carboxylic acids is 1. The molecule has 0 amide bonds. The topological polar surface area (TPSA) is 37.3 Å². The highest BCUT2D eigenvalue weighted by molar-refractivity contribution is 6.31. The van der Waals surface area contributed by atoms with Gasteiger partial charge in [-0.3, -0.25) is 4.79 Å². The van der Waals surface area contributed by atoms with Crippen molar-refractivity contribution in [2.24, 2.45) is 0 Å². The first kappa shape index (κ1) is 13.0. The molecule has 4 heteroatoms. The third-order valence-corrected chi connectivity index (χ3v) is 3.14. The molecule has 1 aromatic carbocycles. The van der Waals surface area contributed by atoms with Crippen molar-refractivity contribution in [2.45, 2.75) is 33.1 Å². The number of aryl methyl sites for hydroxylation is 1. The molecule has 1 unspecified atom stereocenters. The van der Waals surface area contributed by atoms with Gasteiger partial charge in [0.15, 0.2) is 0 Å². The molecule has 0 saturated carbocycles. The predicted molar refractivity (Wildman–Crippen MR) is 61.6 cm³/mol. The summed E-state index contributed by atoms with van der Waals surface area (Å²) in [6.45, 7) is 5.35. The number of halogens is 2. The molecule has 16 heavy (non-hydrogen) atoms. The third kappa shape index (κ3) is 2.53. The molecule has 88 valence electrons. The molecule has 1 N–H and O–H groups in total. The summed E-state index contributed by atoms with van der Waals surface area (Å²) in [4.78, 5) is 10.6. The standard InChI is InChI=1S/C12H14ClFO2/c1-6-4-9(14)12(13)11(8(6)3)7(2)5-10(15)16/h4,7H,5H2,1-3H3,(H,15,16). The van der Waals surface area contributed by atoms with Crippen LogP contribution < -0.4 is 0 Å². The first-order valence-electron chi connectivity index (χ1n) is 5.01. The largest absolute Gasteiger partial charge is 0.481 e. The van der Waals surface area contributed by atoms with Gasteiger partial charge < -0.3 is 5.11 Å². The Bertz CT molecular complexity index is 403. The van der Waals surface area contributed by atoms with Gasteiger partial charge in [-0.05, 0) is 42.5 Å². The van der Waals surface area contributed by atoms with E-state index in [1.54, 1.807) is 13.8 Å². The van der Waals surface area contributed by atoms with Gasteiger partial charge in [0.1, 0.15) is 5.82 Å². The fraction of sp³-hybridized carbons (Fsp3) is 0.417. The molecule has 0 saturated heterocycles. The van der Waals surface area contributed by atoms with E-state index in [-0.39, 0.29) is 17.4 Å². The maximum absolute atomic E-state index is 13.4. The smallest absolute Gasteiger partial charge is 0.303 e. The van der Waals surface area contributed by atoms with E-state index in [9.17, 15) is 9.18 Å². The lowest BCUT2D eigenvalue weighted by Gasteiger charge is -2.17. The maximum Gasteiger partial charge on any atom is 0.303 e. The van der Waals surface area contributed by atoms with Gasteiger partial charge in [0.05, 0.1) is 11.4 Å². The molecule has 0 fully saturated rings. The highest BCUT2D eigenvalue weighted by Gasteiger charge is 2.19. The van der Waals surface area contributed by atoms with E-state index < -0.39 is 11.8 Å². The van der Waals surface area contributed by atoms with E-state index in [4.69, 9.17) is 16.7 Å². The number of carboxylic acid groups (broad SMARTS) is 1. The summed E-state index contributed by atoms with van der Waals surface area (Å²) in [6.07, 6.45) is -0.0521. The zero-order valence-corrected chi connectivity index (χ0v) is 10.2. The summed E-state index contributed by atoms with van der Waals surface area (Å²) >= 11 is 5.88. The number of hydrogen-bond donors (Lipinski definition) is 1. The van der Waals surface area contributed by atoms with Crippen LogP contribution in [0.25, 0.3) is 0 Å². The molecule has 0 radical (unpaired) electrons. The molecular formula is C12H14ClFO2. The number of benzene rings is 1. The summed E-state index contributed by atoms with van der Waals surface area (Å²) < 4.78 is 13.4. The van der Waals surface area contributed by atoms with E-state index in [2.05, 4.69) is 0 Å². The lowest BCUT2D eigenvalue weighted by Crippen LogP contribution is -2.07. The number of hydrogen-bond acceptors (Lipinski definition) is 1. The molecule has 0 aliphatic rings. The summed E-state index contributed by atoms with van der Waals surface area (Å²) in [6, 6.07) is 1.37. The summed E-state index contributed by atoms with van der Waals surface area (Å²) in [7, 11) is 0. The predicted octanol–water partition coefficient (Wildman–Crippen LogP) is 3.67. The second-order valence-electron chi connectivity index (χ2n) is 4.03. The lowest BCUT2D eigenvalue weighted by atomic mass is 9.91. The zero-order chi connectivity index (χ0) is 12.5.